The van der Waals surface area contributed by atoms with E-state index in [2.05, 4.69) is 9.88 Å². The van der Waals surface area contributed by atoms with Gasteiger partial charge in [-0.15, -0.1) is 0 Å². The van der Waals surface area contributed by atoms with E-state index in [1.54, 1.807) is 19.1 Å². The van der Waals surface area contributed by atoms with Gasteiger partial charge in [0.05, 0.1) is 36.8 Å². The summed E-state index contributed by atoms with van der Waals surface area (Å²) in [6.45, 7) is 6.29. The topological polar surface area (TPSA) is 169 Å². The van der Waals surface area contributed by atoms with Gasteiger partial charge in [0.2, 0.25) is 10.0 Å². The molecule has 0 saturated heterocycles. The number of methoxy groups -OCH3 is 1. The largest absolute Gasteiger partial charge is 0.497 e. The van der Waals surface area contributed by atoms with Crippen LogP contribution in [0.4, 0.5) is 5.69 Å². The van der Waals surface area contributed by atoms with Crippen LogP contribution in [0.2, 0.25) is 0 Å². The molecule has 0 aliphatic carbocycles. The zero-order valence-corrected chi connectivity index (χ0v) is 26.4. The van der Waals surface area contributed by atoms with Gasteiger partial charge in [0.15, 0.2) is 10.7 Å². The molecular weight excluding hydrogens is 600 g/mol. The Morgan fingerprint density at radius 1 is 1.16 bits per heavy atom. The molecule has 1 aliphatic heterocycles. The number of aromatic nitrogens is 1. The summed E-state index contributed by atoms with van der Waals surface area (Å²) in [5, 5.41) is 13.6. The Bertz CT molecular complexity index is 1670. The van der Waals surface area contributed by atoms with Gasteiger partial charge in [-0.25, -0.2) is 16.8 Å². The Kier molecular flexibility index (Phi) is 9.39. The van der Waals surface area contributed by atoms with Crippen LogP contribution in [-0.2, 0) is 20.0 Å². The highest BCUT2D eigenvalue weighted by atomic mass is 32.2. The lowest BCUT2D eigenvalue weighted by Gasteiger charge is -2.38. The summed E-state index contributed by atoms with van der Waals surface area (Å²) in [6.07, 6.45) is -0.705. The van der Waals surface area contributed by atoms with Gasteiger partial charge >= 0.3 is 0 Å². The van der Waals surface area contributed by atoms with Crippen molar-refractivity contribution in [2.45, 2.75) is 49.6 Å². The van der Waals surface area contributed by atoms with Crippen molar-refractivity contribution in [1.82, 2.24) is 14.4 Å². The normalized spacial score (nSPS) is 18.4. The van der Waals surface area contributed by atoms with Gasteiger partial charge in [-0.05, 0) is 63.2 Å². The van der Waals surface area contributed by atoms with Crippen molar-refractivity contribution < 1.29 is 40.7 Å². The van der Waals surface area contributed by atoms with E-state index < -0.39 is 38.1 Å². The number of sulfonamides is 2. The number of fused-ring (bicyclic) bond motifs is 1. The highest BCUT2D eigenvalue weighted by Crippen LogP contribution is 2.32. The molecule has 0 saturated carbocycles. The van der Waals surface area contributed by atoms with E-state index in [0.717, 1.165) is 0 Å². The molecule has 13 nitrogen and oxygen atoms in total. The van der Waals surface area contributed by atoms with Crippen LogP contribution >= 0.6 is 0 Å². The summed E-state index contributed by atoms with van der Waals surface area (Å²) in [6, 6.07) is 9.71. The molecule has 234 valence electrons. The number of nitrogens with zero attached hydrogens (tertiary/aromatic N) is 3. The van der Waals surface area contributed by atoms with Crippen molar-refractivity contribution in [2.75, 3.05) is 38.6 Å². The number of likely N-dealkylation sites (N-methyl/N-ethyl adjacent to an activating group) is 1. The summed E-state index contributed by atoms with van der Waals surface area (Å²) in [7, 11) is -5.07. The molecule has 3 aromatic rings. The lowest BCUT2D eigenvalue weighted by Crippen LogP contribution is -2.50. The van der Waals surface area contributed by atoms with Gasteiger partial charge in [0, 0.05) is 25.2 Å². The second-order valence-electron chi connectivity index (χ2n) is 10.6. The number of amides is 1. The standard InChI is InChI=1S/C28H36N4O9S2/c1-17-14-32(18(2)16-33)28(34)24-13-21(30-42(35,36)27-19(3)29-41-20(27)4)7-12-25(24)40-26(17)15-31(5)43(37,38)23-10-8-22(39-6)9-11-23/h7-13,17-18,26,30,33H,14-16H2,1-6H3/t17-,18+,26-/m1/s1. The maximum absolute atomic E-state index is 13.7. The lowest BCUT2D eigenvalue weighted by molar-refractivity contribution is 0.0387. The lowest BCUT2D eigenvalue weighted by atomic mass is 9.99. The van der Waals surface area contributed by atoms with Crippen molar-refractivity contribution in [3.05, 3.63) is 59.5 Å². The van der Waals surface area contributed by atoms with Gasteiger partial charge in [-0.1, -0.05) is 12.1 Å². The van der Waals surface area contributed by atoms with Gasteiger partial charge in [0.1, 0.15) is 23.3 Å². The fourth-order valence-corrected chi connectivity index (χ4v) is 7.41. The Morgan fingerprint density at radius 3 is 2.42 bits per heavy atom. The molecule has 43 heavy (non-hydrogen) atoms. The zero-order valence-electron chi connectivity index (χ0n) is 24.8. The average Bonchev–Trinajstić information content (AvgIpc) is 3.32. The highest BCUT2D eigenvalue weighted by Gasteiger charge is 2.36. The number of rotatable bonds is 10. The molecule has 2 aromatic carbocycles. The van der Waals surface area contributed by atoms with Crippen LogP contribution < -0.4 is 14.2 Å². The number of nitrogens with one attached hydrogen (secondary N) is 1. The molecule has 0 fully saturated rings. The van der Waals surface area contributed by atoms with Crippen LogP contribution in [0, 0.1) is 19.8 Å². The molecule has 0 bridgehead atoms. The summed E-state index contributed by atoms with van der Waals surface area (Å²) >= 11 is 0. The first-order chi connectivity index (χ1) is 20.2. The van der Waals surface area contributed by atoms with E-state index in [1.165, 1.54) is 67.5 Å². The molecular formula is C28H36N4O9S2. The number of benzene rings is 2. The average molecular weight is 637 g/mol. The van der Waals surface area contributed by atoms with E-state index in [9.17, 15) is 26.7 Å². The van der Waals surface area contributed by atoms with Crippen LogP contribution in [-0.4, -0.2) is 88.2 Å². The molecule has 3 atom stereocenters. The third-order valence-electron chi connectivity index (χ3n) is 7.36. The molecule has 1 aliphatic rings. The van der Waals surface area contributed by atoms with E-state index in [0.29, 0.717) is 5.75 Å². The number of carbonyl (C=O) groups excluding carboxylic acids is 1. The Labute approximate surface area is 251 Å². The maximum atomic E-state index is 13.7. The number of hydrogen-bond donors (Lipinski definition) is 2. The number of ether oxygens (including phenoxy) is 2. The Balaban J connectivity index is 1.68. The molecule has 1 aromatic heterocycles. The van der Waals surface area contributed by atoms with Crippen molar-refractivity contribution in [1.29, 1.82) is 0 Å². The van der Waals surface area contributed by atoms with Crippen molar-refractivity contribution in [3.8, 4) is 11.5 Å². The second-order valence-corrected chi connectivity index (χ2v) is 14.2. The van der Waals surface area contributed by atoms with E-state index >= 15 is 0 Å². The summed E-state index contributed by atoms with van der Waals surface area (Å²) in [4.78, 5) is 15.2. The molecule has 15 heteroatoms. The molecule has 0 unspecified atom stereocenters. The van der Waals surface area contributed by atoms with Crippen molar-refractivity contribution >= 4 is 31.6 Å². The molecule has 0 radical (unpaired) electrons. The summed E-state index contributed by atoms with van der Waals surface area (Å²) in [5.74, 6) is -0.0422. The molecule has 4 rings (SSSR count). The fourth-order valence-electron chi connectivity index (χ4n) is 4.85. The highest BCUT2D eigenvalue weighted by molar-refractivity contribution is 7.92. The number of carbonyl (C=O) groups is 1. The monoisotopic (exact) mass is 636 g/mol. The molecule has 2 heterocycles. The third kappa shape index (κ3) is 6.64. The Hall–Kier alpha value is -3.66. The SMILES string of the molecule is COc1ccc(S(=O)(=O)N(C)C[C@H]2Oc3ccc(NS(=O)(=O)c4c(C)noc4C)cc3C(=O)N([C@@H](C)CO)C[C@H]2C)cc1. The van der Waals surface area contributed by atoms with E-state index in [1.807, 2.05) is 6.92 Å². The van der Waals surface area contributed by atoms with Crippen molar-refractivity contribution in [2.24, 2.45) is 5.92 Å². The van der Waals surface area contributed by atoms with Gasteiger partial charge in [-0.3, -0.25) is 9.52 Å². The quantitative estimate of drug-likeness (QED) is 0.337. The van der Waals surface area contributed by atoms with Gasteiger partial charge < -0.3 is 24.0 Å². The summed E-state index contributed by atoms with van der Waals surface area (Å²) < 4.78 is 73.0. The minimum absolute atomic E-state index is 0.0507. The first kappa shape index (κ1) is 32.3. The predicted octanol–water partition coefficient (Wildman–Crippen LogP) is 2.64. The minimum Gasteiger partial charge on any atom is -0.497 e. The molecule has 0 spiro atoms. The first-order valence-corrected chi connectivity index (χ1v) is 16.4. The van der Waals surface area contributed by atoms with Gasteiger partial charge in [0.25, 0.3) is 15.9 Å². The number of aryl methyl sites for hydroxylation is 2. The van der Waals surface area contributed by atoms with E-state index in [4.69, 9.17) is 14.0 Å². The third-order valence-corrected chi connectivity index (χ3v) is 10.8. The fraction of sp³-hybridized carbons (Fsp3) is 0.429. The maximum Gasteiger partial charge on any atom is 0.267 e. The van der Waals surface area contributed by atoms with Crippen LogP contribution in [0.5, 0.6) is 11.5 Å². The number of aliphatic hydroxyl groups is 1. The smallest absolute Gasteiger partial charge is 0.267 e. The number of anilines is 1. The van der Waals surface area contributed by atoms with E-state index in [-0.39, 0.29) is 63.9 Å². The first-order valence-electron chi connectivity index (χ1n) is 13.5. The number of hydrogen-bond acceptors (Lipinski definition) is 10. The van der Waals surface area contributed by atoms with Crippen LogP contribution in [0.3, 0.4) is 0 Å². The van der Waals surface area contributed by atoms with Crippen molar-refractivity contribution in [3.63, 3.8) is 0 Å². The molecule has 2 N–H and O–H groups in total. The zero-order chi connectivity index (χ0) is 31.7. The minimum atomic E-state index is -4.10. The van der Waals surface area contributed by atoms with Crippen LogP contribution in [0.1, 0.15) is 35.7 Å². The predicted molar refractivity (Wildman–Crippen MR) is 157 cm³/mol. The molecule has 1 amide bonds. The summed E-state index contributed by atoms with van der Waals surface area (Å²) in [5.41, 5.74) is 0.331. The second kappa shape index (κ2) is 12.5. The number of aliphatic hydroxyl groups excluding tert-OH is 1. The van der Waals surface area contributed by atoms with Gasteiger partial charge in [-0.2, -0.15) is 4.31 Å². The van der Waals surface area contributed by atoms with Crippen LogP contribution in [0.15, 0.2) is 56.8 Å². The van der Waals surface area contributed by atoms with Crippen LogP contribution in [0.25, 0.3) is 0 Å². The Morgan fingerprint density at radius 2 is 1.84 bits per heavy atom.